The summed E-state index contributed by atoms with van der Waals surface area (Å²) in [5.74, 6) is -0.266. The van der Waals surface area contributed by atoms with Gasteiger partial charge in [-0.15, -0.1) is 0 Å². The lowest BCUT2D eigenvalue weighted by Gasteiger charge is -2.32. The van der Waals surface area contributed by atoms with Crippen molar-refractivity contribution in [3.63, 3.8) is 0 Å². The Balaban J connectivity index is 1.75. The predicted octanol–water partition coefficient (Wildman–Crippen LogP) is 0.861. The van der Waals surface area contributed by atoms with Crippen molar-refractivity contribution in [1.29, 1.82) is 0 Å². The summed E-state index contributed by atoms with van der Waals surface area (Å²) in [7, 11) is -2.40. The van der Waals surface area contributed by atoms with Gasteiger partial charge in [-0.3, -0.25) is 4.79 Å². The molecule has 1 aliphatic heterocycles. The fraction of sp³-hybridized carbons (Fsp3) is 0.429. The Morgan fingerprint density at radius 2 is 2.26 bits per heavy atom. The Kier molecular flexibility index (Phi) is 4.22. The third-order valence-electron chi connectivity index (χ3n) is 3.96. The summed E-state index contributed by atoms with van der Waals surface area (Å²) in [4.78, 5) is 18.3. The van der Waals surface area contributed by atoms with E-state index in [4.69, 9.17) is 4.42 Å². The van der Waals surface area contributed by atoms with Gasteiger partial charge >= 0.3 is 0 Å². The number of nitrogens with zero attached hydrogens (tertiary/aromatic N) is 3. The van der Waals surface area contributed by atoms with E-state index in [2.05, 4.69) is 9.71 Å². The highest BCUT2D eigenvalue weighted by Gasteiger charge is 2.28. The third-order valence-corrected chi connectivity index (χ3v) is 5.24. The molecule has 9 heteroatoms. The summed E-state index contributed by atoms with van der Waals surface area (Å²) < 4.78 is 32.7. The van der Waals surface area contributed by atoms with Crippen molar-refractivity contribution < 1.29 is 17.6 Å². The zero-order chi connectivity index (χ0) is 16.4. The summed E-state index contributed by atoms with van der Waals surface area (Å²) in [6.45, 7) is 1.17. The second-order valence-electron chi connectivity index (χ2n) is 5.38. The first-order chi connectivity index (χ1) is 11.0. The van der Waals surface area contributed by atoms with Crippen LogP contribution in [-0.4, -0.2) is 48.9 Å². The number of likely N-dealkylation sites (tertiary alicyclic amines) is 1. The van der Waals surface area contributed by atoms with Crippen LogP contribution in [-0.2, 0) is 10.0 Å². The number of hydrogen-bond donors (Lipinski definition) is 1. The summed E-state index contributed by atoms with van der Waals surface area (Å²) >= 11 is 0. The molecule has 1 saturated heterocycles. The molecule has 2 aromatic rings. The van der Waals surface area contributed by atoms with Gasteiger partial charge in [-0.2, -0.15) is 0 Å². The van der Waals surface area contributed by atoms with E-state index in [9.17, 15) is 13.2 Å². The van der Waals surface area contributed by atoms with Gasteiger partial charge in [0.2, 0.25) is 5.09 Å². The van der Waals surface area contributed by atoms with Crippen molar-refractivity contribution in [2.75, 3.05) is 20.1 Å². The molecule has 1 aliphatic rings. The van der Waals surface area contributed by atoms with Gasteiger partial charge in [0.05, 0.1) is 12.4 Å². The number of rotatable bonds is 4. The van der Waals surface area contributed by atoms with E-state index >= 15 is 0 Å². The van der Waals surface area contributed by atoms with Gasteiger partial charge in [0.1, 0.15) is 0 Å². The van der Waals surface area contributed by atoms with Crippen molar-refractivity contribution >= 4 is 15.9 Å². The van der Waals surface area contributed by atoms with Crippen LogP contribution >= 0.6 is 0 Å². The van der Waals surface area contributed by atoms with Crippen LogP contribution in [0.3, 0.4) is 0 Å². The zero-order valence-electron chi connectivity index (χ0n) is 12.7. The molecule has 0 unspecified atom stereocenters. The number of furan rings is 1. The van der Waals surface area contributed by atoms with Crippen molar-refractivity contribution in [2.24, 2.45) is 0 Å². The van der Waals surface area contributed by atoms with Gasteiger partial charge < -0.3 is 13.9 Å². The highest BCUT2D eigenvalue weighted by atomic mass is 32.2. The Hall–Kier alpha value is -2.13. The van der Waals surface area contributed by atoms with Gasteiger partial charge in [-0.05, 0) is 32.0 Å². The van der Waals surface area contributed by atoms with E-state index < -0.39 is 10.0 Å². The highest BCUT2D eigenvalue weighted by molar-refractivity contribution is 7.89. The molecule has 8 nitrogen and oxygen atoms in total. The summed E-state index contributed by atoms with van der Waals surface area (Å²) in [6.07, 6.45) is 7.17. The molecule has 0 bridgehead atoms. The van der Waals surface area contributed by atoms with E-state index in [0.717, 1.165) is 12.8 Å². The number of piperidine rings is 1. The van der Waals surface area contributed by atoms with E-state index in [1.807, 2.05) is 10.8 Å². The standard InChI is InChI=1S/C14H18N4O4S/c1-15-23(20,21)13-5-4-12(22-13)14(19)17-7-2-3-11(9-17)18-8-6-16-10-18/h4-6,8,10-11,15H,2-3,7,9H2,1H3/t11-/m1/s1. The normalized spacial score (nSPS) is 19.0. The molecule has 3 heterocycles. The molecule has 0 saturated carbocycles. The number of imidazole rings is 1. The first-order valence-electron chi connectivity index (χ1n) is 7.31. The second kappa shape index (κ2) is 6.17. The SMILES string of the molecule is CNS(=O)(=O)c1ccc(C(=O)N2CCC[C@@H](n3ccnc3)C2)o1. The van der Waals surface area contributed by atoms with Crippen LogP contribution in [0.4, 0.5) is 0 Å². The quantitative estimate of drug-likeness (QED) is 0.892. The zero-order valence-corrected chi connectivity index (χ0v) is 13.5. The average Bonchev–Trinajstić information content (AvgIpc) is 3.26. The van der Waals surface area contributed by atoms with Crippen LogP contribution in [0.15, 0.2) is 40.4 Å². The maximum absolute atomic E-state index is 12.5. The van der Waals surface area contributed by atoms with Crippen molar-refractivity contribution in [1.82, 2.24) is 19.2 Å². The van der Waals surface area contributed by atoms with Gasteiger partial charge in [0, 0.05) is 25.5 Å². The summed E-state index contributed by atoms with van der Waals surface area (Å²) in [5, 5.41) is -0.258. The van der Waals surface area contributed by atoms with Crippen LogP contribution in [0.5, 0.6) is 0 Å². The smallest absolute Gasteiger partial charge is 0.289 e. The van der Waals surface area contributed by atoms with Gasteiger partial charge in [0.15, 0.2) is 5.76 Å². The van der Waals surface area contributed by atoms with Gasteiger partial charge in [-0.1, -0.05) is 0 Å². The molecule has 23 heavy (non-hydrogen) atoms. The number of nitrogens with one attached hydrogen (secondary N) is 1. The number of aromatic nitrogens is 2. The van der Waals surface area contributed by atoms with Crippen molar-refractivity contribution in [3.05, 3.63) is 36.6 Å². The molecule has 3 rings (SSSR count). The minimum absolute atomic E-state index is 0.0325. The van der Waals surface area contributed by atoms with E-state index in [-0.39, 0.29) is 22.8 Å². The summed E-state index contributed by atoms with van der Waals surface area (Å²) in [5.41, 5.74) is 0. The molecular formula is C14H18N4O4S. The molecule has 1 atom stereocenters. The molecule has 2 aromatic heterocycles. The minimum Gasteiger partial charge on any atom is -0.438 e. The molecule has 0 aromatic carbocycles. The van der Waals surface area contributed by atoms with Crippen LogP contribution in [0.1, 0.15) is 29.4 Å². The summed E-state index contributed by atoms with van der Waals surface area (Å²) in [6, 6.07) is 2.86. The molecule has 0 radical (unpaired) electrons. The van der Waals surface area contributed by atoms with E-state index in [1.54, 1.807) is 17.4 Å². The Morgan fingerprint density at radius 1 is 1.43 bits per heavy atom. The van der Waals surface area contributed by atoms with Crippen LogP contribution < -0.4 is 4.72 Å². The lowest BCUT2D eigenvalue weighted by molar-refractivity contribution is 0.0641. The first-order valence-corrected chi connectivity index (χ1v) is 8.79. The van der Waals surface area contributed by atoms with Gasteiger partial charge in [-0.25, -0.2) is 18.1 Å². The fourth-order valence-corrected chi connectivity index (χ4v) is 3.35. The third kappa shape index (κ3) is 3.15. The molecular weight excluding hydrogens is 320 g/mol. The van der Waals surface area contributed by atoms with Crippen LogP contribution in [0.2, 0.25) is 0 Å². The second-order valence-corrected chi connectivity index (χ2v) is 7.20. The topological polar surface area (TPSA) is 97.4 Å². The first kappa shape index (κ1) is 15.8. The Bertz CT molecular complexity index is 782. The van der Waals surface area contributed by atoms with Crippen LogP contribution in [0, 0.1) is 0 Å². The highest BCUT2D eigenvalue weighted by Crippen LogP contribution is 2.23. The Morgan fingerprint density at radius 3 is 2.96 bits per heavy atom. The molecule has 0 aliphatic carbocycles. The number of carbonyl (C=O) groups excluding carboxylic acids is 1. The number of amides is 1. The van der Waals surface area contributed by atoms with Crippen molar-refractivity contribution in [3.8, 4) is 0 Å². The van der Waals surface area contributed by atoms with Crippen LogP contribution in [0.25, 0.3) is 0 Å². The molecule has 124 valence electrons. The largest absolute Gasteiger partial charge is 0.438 e. The molecule has 1 amide bonds. The average molecular weight is 338 g/mol. The van der Waals surface area contributed by atoms with E-state index in [0.29, 0.717) is 13.1 Å². The number of sulfonamides is 1. The molecule has 0 spiro atoms. The lowest BCUT2D eigenvalue weighted by Crippen LogP contribution is -2.40. The molecule has 1 N–H and O–H groups in total. The predicted molar refractivity (Wildman–Crippen MR) is 81.4 cm³/mol. The monoisotopic (exact) mass is 338 g/mol. The molecule has 1 fully saturated rings. The number of carbonyl (C=O) groups is 1. The lowest BCUT2D eigenvalue weighted by atomic mass is 10.1. The van der Waals surface area contributed by atoms with Crippen molar-refractivity contribution in [2.45, 2.75) is 24.0 Å². The van der Waals surface area contributed by atoms with Gasteiger partial charge in [0.25, 0.3) is 15.9 Å². The van der Waals surface area contributed by atoms with E-state index in [1.165, 1.54) is 19.2 Å². The Labute approximate surface area is 134 Å². The minimum atomic E-state index is -3.69. The fourth-order valence-electron chi connectivity index (χ4n) is 2.70. The number of hydrogen-bond acceptors (Lipinski definition) is 5. The maximum Gasteiger partial charge on any atom is 0.289 e. The maximum atomic E-state index is 12.5.